The summed E-state index contributed by atoms with van der Waals surface area (Å²) in [4.78, 5) is 10.2. The molecule has 1 N–H and O–H groups in total. The van der Waals surface area contributed by atoms with Crippen molar-refractivity contribution in [3.8, 4) is 0 Å². The van der Waals surface area contributed by atoms with Gasteiger partial charge in [-0.05, 0) is 23.6 Å². The van der Waals surface area contributed by atoms with Crippen molar-refractivity contribution < 1.29 is 23.1 Å². The van der Waals surface area contributed by atoms with Crippen molar-refractivity contribution >= 4 is 5.97 Å². The van der Waals surface area contributed by atoms with Crippen molar-refractivity contribution in [1.29, 1.82) is 0 Å². The van der Waals surface area contributed by atoms with Gasteiger partial charge in [0, 0.05) is 6.42 Å². The van der Waals surface area contributed by atoms with Gasteiger partial charge in [0.15, 0.2) is 11.6 Å². The number of aryl methyl sites for hydroxylation is 1. The molecule has 0 heterocycles. The first-order valence-electron chi connectivity index (χ1n) is 4.29. The first kappa shape index (κ1) is 11.6. The number of carbonyl (C=O) groups is 1. The summed E-state index contributed by atoms with van der Waals surface area (Å²) in [6.07, 6.45) is -0.460. The Morgan fingerprint density at radius 1 is 1.33 bits per heavy atom. The van der Waals surface area contributed by atoms with Crippen LogP contribution in [-0.2, 0) is 17.9 Å². The van der Waals surface area contributed by atoms with Gasteiger partial charge in [-0.1, -0.05) is 6.07 Å². The maximum absolute atomic E-state index is 13.1. The highest BCUT2D eigenvalue weighted by Crippen LogP contribution is 2.17. The van der Waals surface area contributed by atoms with Gasteiger partial charge in [0.25, 0.3) is 0 Å². The summed E-state index contributed by atoms with van der Waals surface area (Å²) < 4.78 is 38.2. The molecule has 0 radical (unpaired) electrons. The lowest BCUT2D eigenvalue weighted by atomic mass is 10.1. The van der Waals surface area contributed by atoms with Crippen LogP contribution in [0.3, 0.4) is 0 Å². The Hall–Kier alpha value is -1.52. The maximum Gasteiger partial charge on any atom is 0.303 e. The summed E-state index contributed by atoms with van der Waals surface area (Å²) in [6, 6.07) is 1.90. The number of benzene rings is 1. The minimum Gasteiger partial charge on any atom is -0.481 e. The minimum absolute atomic E-state index is 0.00860. The first-order valence-corrected chi connectivity index (χ1v) is 4.29. The molecule has 0 aliphatic carbocycles. The van der Waals surface area contributed by atoms with Gasteiger partial charge in [-0.25, -0.2) is 13.2 Å². The monoisotopic (exact) mass is 218 g/mol. The van der Waals surface area contributed by atoms with Crippen molar-refractivity contribution in [3.05, 3.63) is 34.9 Å². The van der Waals surface area contributed by atoms with Crippen molar-refractivity contribution in [3.63, 3.8) is 0 Å². The molecule has 15 heavy (non-hydrogen) atoms. The van der Waals surface area contributed by atoms with Crippen LogP contribution in [0.1, 0.15) is 17.5 Å². The third kappa shape index (κ3) is 2.97. The predicted molar refractivity (Wildman–Crippen MR) is 47.1 cm³/mol. The lowest BCUT2D eigenvalue weighted by molar-refractivity contribution is -0.136. The standard InChI is InChI=1S/C10H9F3O2/c11-5-6-3-7(1-2-9(14)15)10(13)8(12)4-6/h3-4H,1-2,5H2,(H,14,15). The normalized spacial score (nSPS) is 10.3. The summed E-state index contributed by atoms with van der Waals surface area (Å²) in [5.41, 5.74) is -0.0978. The summed E-state index contributed by atoms with van der Waals surface area (Å²) in [5.74, 6) is -3.36. The molecule has 5 heteroatoms. The number of aliphatic carboxylic acids is 1. The zero-order chi connectivity index (χ0) is 11.4. The lowest BCUT2D eigenvalue weighted by Crippen LogP contribution is -2.02. The number of rotatable bonds is 4. The van der Waals surface area contributed by atoms with Crippen LogP contribution >= 0.6 is 0 Å². The Labute approximate surface area is 84.3 Å². The van der Waals surface area contributed by atoms with E-state index in [9.17, 15) is 18.0 Å². The van der Waals surface area contributed by atoms with Crippen molar-refractivity contribution in [2.45, 2.75) is 19.5 Å². The molecule has 82 valence electrons. The Kier molecular flexibility index (Phi) is 3.71. The average Bonchev–Trinajstić information content (AvgIpc) is 2.19. The van der Waals surface area contributed by atoms with Crippen LogP contribution in [0.25, 0.3) is 0 Å². The molecule has 0 bridgehead atoms. The molecular formula is C10H9F3O2. The molecule has 0 aliphatic rings. The number of carboxylic acid groups (broad SMARTS) is 1. The third-order valence-electron chi connectivity index (χ3n) is 1.93. The molecule has 0 atom stereocenters. The summed E-state index contributed by atoms with van der Waals surface area (Å²) >= 11 is 0. The summed E-state index contributed by atoms with van der Waals surface area (Å²) in [5, 5.41) is 8.37. The van der Waals surface area contributed by atoms with E-state index >= 15 is 0 Å². The topological polar surface area (TPSA) is 37.3 Å². The largest absolute Gasteiger partial charge is 0.481 e. The van der Waals surface area contributed by atoms with Crippen molar-refractivity contribution in [2.24, 2.45) is 0 Å². The highest BCUT2D eigenvalue weighted by Gasteiger charge is 2.11. The van der Waals surface area contributed by atoms with Gasteiger partial charge in [0.1, 0.15) is 6.67 Å². The average molecular weight is 218 g/mol. The fourth-order valence-corrected chi connectivity index (χ4v) is 1.21. The molecule has 1 aromatic rings. The van der Waals surface area contributed by atoms with Gasteiger partial charge in [-0.3, -0.25) is 4.79 Å². The summed E-state index contributed by atoms with van der Waals surface area (Å²) in [6.45, 7) is -0.905. The molecule has 0 amide bonds. The quantitative estimate of drug-likeness (QED) is 0.842. The zero-order valence-electron chi connectivity index (χ0n) is 7.77. The van der Waals surface area contributed by atoms with Crippen molar-refractivity contribution in [2.75, 3.05) is 0 Å². The Morgan fingerprint density at radius 3 is 2.53 bits per heavy atom. The van der Waals surface area contributed by atoms with Crippen LogP contribution < -0.4 is 0 Å². The summed E-state index contributed by atoms with van der Waals surface area (Å²) in [7, 11) is 0. The van der Waals surface area contributed by atoms with Crippen LogP contribution in [-0.4, -0.2) is 11.1 Å². The predicted octanol–water partition coefficient (Wildman–Crippen LogP) is 2.45. The minimum atomic E-state index is -1.15. The smallest absolute Gasteiger partial charge is 0.303 e. The third-order valence-corrected chi connectivity index (χ3v) is 1.93. The van der Waals surface area contributed by atoms with Crippen LogP contribution in [0.5, 0.6) is 0 Å². The molecule has 0 aliphatic heterocycles. The molecular weight excluding hydrogens is 209 g/mol. The number of hydrogen-bond donors (Lipinski definition) is 1. The van der Waals surface area contributed by atoms with Gasteiger partial charge in [-0.15, -0.1) is 0 Å². The molecule has 0 saturated heterocycles. The highest BCUT2D eigenvalue weighted by atomic mass is 19.2. The van der Waals surface area contributed by atoms with Crippen LogP contribution in [0.4, 0.5) is 13.2 Å². The van der Waals surface area contributed by atoms with Gasteiger partial charge in [-0.2, -0.15) is 0 Å². The van der Waals surface area contributed by atoms with E-state index in [1.165, 1.54) is 0 Å². The van der Waals surface area contributed by atoms with Gasteiger partial charge in [0.2, 0.25) is 0 Å². The fourth-order valence-electron chi connectivity index (χ4n) is 1.21. The number of hydrogen-bond acceptors (Lipinski definition) is 1. The van der Waals surface area contributed by atoms with Crippen LogP contribution in [0.15, 0.2) is 12.1 Å². The fraction of sp³-hybridized carbons (Fsp3) is 0.300. The van der Waals surface area contributed by atoms with E-state index in [0.717, 1.165) is 12.1 Å². The van der Waals surface area contributed by atoms with Crippen molar-refractivity contribution in [1.82, 2.24) is 0 Å². The van der Waals surface area contributed by atoms with E-state index < -0.39 is 24.3 Å². The molecule has 1 rings (SSSR count). The molecule has 0 saturated carbocycles. The molecule has 0 spiro atoms. The molecule has 0 unspecified atom stereocenters. The van der Waals surface area contributed by atoms with E-state index in [1.807, 2.05) is 0 Å². The Balaban J connectivity index is 2.94. The van der Waals surface area contributed by atoms with Gasteiger partial charge in [0.05, 0.1) is 0 Å². The maximum atomic E-state index is 13.1. The van der Waals surface area contributed by atoms with E-state index in [-0.39, 0.29) is 24.0 Å². The van der Waals surface area contributed by atoms with E-state index in [2.05, 4.69) is 0 Å². The molecule has 0 aromatic heterocycles. The molecule has 1 aromatic carbocycles. The number of alkyl halides is 1. The van der Waals surface area contributed by atoms with E-state index in [4.69, 9.17) is 5.11 Å². The number of carboxylic acids is 1. The Morgan fingerprint density at radius 2 is 2.00 bits per heavy atom. The van der Waals surface area contributed by atoms with E-state index in [0.29, 0.717) is 0 Å². The molecule has 0 fully saturated rings. The highest BCUT2D eigenvalue weighted by molar-refractivity contribution is 5.67. The zero-order valence-corrected chi connectivity index (χ0v) is 7.77. The first-order chi connectivity index (χ1) is 7.04. The van der Waals surface area contributed by atoms with Gasteiger partial charge < -0.3 is 5.11 Å². The Bertz CT molecular complexity index is 377. The molecule has 2 nitrogen and oxygen atoms in total. The SMILES string of the molecule is O=C(O)CCc1cc(CF)cc(F)c1F. The number of halogens is 3. The van der Waals surface area contributed by atoms with Crippen LogP contribution in [0.2, 0.25) is 0 Å². The van der Waals surface area contributed by atoms with Gasteiger partial charge >= 0.3 is 5.97 Å². The second-order valence-corrected chi connectivity index (χ2v) is 3.08. The van der Waals surface area contributed by atoms with Crippen LogP contribution in [0, 0.1) is 11.6 Å². The van der Waals surface area contributed by atoms with E-state index in [1.54, 1.807) is 0 Å². The second-order valence-electron chi connectivity index (χ2n) is 3.08. The lowest BCUT2D eigenvalue weighted by Gasteiger charge is -2.04. The second kappa shape index (κ2) is 4.82.